The van der Waals surface area contributed by atoms with Crippen LogP contribution < -0.4 is 5.73 Å². The van der Waals surface area contributed by atoms with Gasteiger partial charge in [0.05, 0.1) is 0 Å². The summed E-state index contributed by atoms with van der Waals surface area (Å²) in [5, 5.41) is 0. The van der Waals surface area contributed by atoms with Crippen molar-refractivity contribution in [3.8, 4) is 0 Å². The Labute approximate surface area is 87.9 Å². The molecule has 0 rings (SSSR count). The summed E-state index contributed by atoms with van der Waals surface area (Å²) in [5.41, 5.74) is 6.02. The van der Waals surface area contributed by atoms with Gasteiger partial charge in [0.2, 0.25) is 0 Å². The van der Waals surface area contributed by atoms with Crippen molar-refractivity contribution in [2.24, 2.45) is 17.6 Å². The molecule has 0 aromatic rings. The Balaban J connectivity index is 3.34. The first-order valence-corrected chi connectivity index (χ1v) is 6.55. The van der Waals surface area contributed by atoms with Crippen LogP contribution in [0.3, 0.4) is 0 Å². The van der Waals surface area contributed by atoms with Crippen LogP contribution in [0.4, 0.5) is 0 Å². The molecule has 0 aromatic heterocycles. The second kappa shape index (κ2) is 7.69. The van der Waals surface area contributed by atoms with E-state index in [1.807, 2.05) is 11.8 Å². The Hall–Kier alpha value is 0.310. The molecule has 2 unspecified atom stereocenters. The molecular weight excluding hydrogens is 178 g/mol. The van der Waals surface area contributed by atoms with Gasteiger partial charge in [-0.15, -0.1) is 0 Å². The zero-order valence-corrected chi connectivity index (χ0v) is 10.4. The lowest BCUT2D eigenvalue weighted by atomic mass is 10.0. The number of hydrogen-bond donors (Lipinski definition) is 1. The van der Waals surface area contributed by atoms with Gasteiger partial charge in [0.15, 0.2) is 0 Å². The number of thioether (sulfide) groups is 1. The summed E-state index contributed by atoms with van der Waals surface area (Å²) in [4.78, 5) is 0. The van der Waals surface area contributed by atoms with Crippen LogP contribution in [0.25, 0.3) is 0 Å². The molecule has 1 nitrogen and oxygen atoms in total. The first-order valence-electron chi connectivity index (χ1n) is 5.39. The van der Waals surface area contributed by atoms with E-state index in [-0.39, 0.29) is 0 Å². The maximum absolute atomic E-state index is 6.02. The summed E-state index contributed by atoms with van der Waals surface area (Å²) >= 11 is 2.00. The van der Waals surface area contributed by atoms with Crippen molar-refractivity contribution in [2.45, 2.75) is 46.6 Å². The van der Waals surface area contributed by atoms with Gasteiger partial charge in [0.25, 0.3) is 0 Å². The van der Waals surface area contributed by atoms with Gasteiger partial charge in [0, 0.05) is 11.8 Å². The summed E-state index contributed by atoms with van der Waals surface area (Å²) in [7, 11) is 0. The number of rotatable bonds is 7. The van der Waals surface area contributed by atoms with Crippen LogP contribution in [0.5, 0.6) is 0 Å². The number of hydrogen-bond acceptors (Lipinski definition) is 2. The Kier molecular flexibility index (Phi) is 7.87. The second-order valence-electron chi connectivity index (χ2n) is 4.44. The maximum atomic E-state index is 6.02. The molecule has 80 valence electrons. The van der Waals surface area contributed by atoms with Crippen LogP contribution in [0.2, 0.25) is 0 Å². The topological polar surface area (TPSA) is 26.0 Å². The van der Waals surface area contributed by atoms with E-state index < -0.39 is 0 Å². The highest BCUT2D eigenvalue weighted by Gasteiger charge is 2.07. The molecule has 13 heavy (non-hydrogen) atoms. The second-order valence-corrected chi connectivity index (χ2v) is 5.52. The monoisotopic (exact) mass is 203 g/mol. The Morgan fingerprint density at radius 3 is 2.23 bits per heavy atom. The minimum absolute atomic E-state index is 0.402. The number of nitrogens with two attached hydrogens (primary N) is 1. The highest BCUT2D eigenvalue weighted by Crippen LogP contribution is 2.14. The summed E-state index contributed by atoms with van der Waals surface area (Å²) in [6, 6.07) is 0.402. The van der Waals surface area contributed by atoms with Gasteiger partial charge < -0.3 is 5.73 Å². The first kappa shape index (κ1) is 13.3. The van der Waals surface area contributed by atoms with Gasteiger partial charge in [-0.25, -0.2) is 0 Å². The van der Waals surface area contributed by atoms with Crippen molar-refractivity contribution < 1.29 is 0 Å². The third-order valence-electron chi connectivity index (χ3n) is 2.19. The van der Waals surface area contributed by atoms with Crippen LogP contribution in [0, 0.1) is 11.8 Å². The molecule has 0 aliphatic carbocycles. The fraction of sp³-hybridized carbons (Fsp3) is 1.00. The van der Waals surface area contributed by atoms with Crippen molar-refractivity contribution in [1.29, 1.82) is 0 Å². The van der Waals surface area contributed by atoms with Gasteiger partial charge in [-0.05, 0) is 24.0 Å². The van der Waals surface area contributed by atoms with Gasteiger partial charge in [-0.3, -0.25) is 0 Å². The minimum atomic E-state index is 0.402. The van der Waals surface area contributed by atoms with E-state index in [1.54, 1.807) is 0 Å². The third kappa shape index (κ3) is 8.63. The lowest BCUT2D eigenvalue weighted by molar-refractivity contribution is 0.472. The van der Waals surface area contributed by atoms with Crippen molar-refractivity contribution >= 4 is 11.8 Å². The van der Waals surface area contributed by atoms with Crippen LogP contribution in [-0.2, 0) is 0 Å². The maximum Gasteiger partial charge on any atom is 0.0132 e. The standard InChI is InChI=1S/C11H25NS/c1-5-10(4)6-11(12)8-13-7-9(2)3/h9-11H,5-8,12H2,1-4H3. The molecule has 2 atom stereocenters. The van der Waals surface area contributed by atoms with E-state index in [9.17, 15) is 0 Å². The van der Waals surface area contributed by atoms with Gasteiger partial charge >= 0.3 is 0 Å². The van der Waals surface area contributed by atoms with E-state index >= 15 is 0 Å². The van der Waals surface area contributed by atoms with Crippen LogP contribution in [0.15, 0.2) is 0 Å². The molecule has 0 aliphatic heterocycles. The normalized spacial score (nSPS) is 16.2. The van der Waals surface area contributed by atoms with Crippen LogP contribution in [-0.4, -0.2) is 17.5 Å². The van der Waals surface area contributed by atoms with Crippen molar-refractivity contribution in [3.63, 3.8) is 0 Å². The predicted octanol–water partition coefficient (Wildman–Crippen LogP) is 3.14. The van der Waals surface area contributed by atoms with Crippen LogP contribution in [0.1, 0.15) is 40.5 Å². The van der Waals surface area contributed by atoms with Crippen LogP contribution >= 0.6 is 11.8 Å². The van der Waals surface area contributed by atoms with Gasteiger partial charge in [0.1, 0.15) is 0 Å². The molecule has 0 aliphatic rings. The predicted molar refractivity (Wildman–Crippen MR) is 64.2 cm³/mol. The molecule has 2 heteroatoms. The van der Waals surface area contributed by atoms with E-state index in [1.165, 1.54) is 18.6 Å². The summed E-state index contributed by atoms with van der Waals surface area (Å²) < 4.78 is 0. The van der Waals surface area contributed by atoms with E-state index in [0.717, 1.165) is 17.6 Å². The molecule has 0 saturated heterocycles. The SMILES string of the molecule is CCC(C)CC(N)CSCC(C)C. The zero-order chi connectivity index (χ0) is 10.3. The lowest BCUT2D eigenvalue weighted by Gasteiger charge is -2.15. The molecular formula is C11H25NS. The van der Waals surface area contributed by atoms with Crippen molar-refractivity contribution in [3.05, 3.63) is 0 Å². The fourth-order valence-electron chi connectivity index (χ4n) is 1.21. The largest absolute Gasteiger partial charge is 0.327 e. The fourth-order valence-corrected chi connectivity index (χ4v) is 2.25. The molecule has 0 spiro atoms. The molecule has 0 bridgehead atoms. The third-order valence-corrected chi connectivity index (χ3v) is 3.75. The Morgan fingerprint density at radius 2 is 1.77 bits per heavy atom. The quantitative estimate of drug-likeness (QED) is 0.688. The molecule has 0 heterocycles. The highest BCUT2D eigenvalue weighted by atomic mass is 32.2. The Bertz CT molecular complexity index is 115. The van der Waals surface area contributed by atoms with Gasteiger partial charge in [-0.2, -0.15) is 11.8 Å². The summed E-state index contributed by atoms with van der Waals surface area (Å²) in [5.74, 6) is 3.95. The zero-order valence-electron chi connectivity index (χ0n) is 9.55. The van der Waals surface area contributed by atoms with E-state index in [0.29, 0.717) is 6.04 Å². The first-order chi connectivity index (χ1) is 6.06. The van der Waals surface area contributed by atoms with E-state index in [4.69, 9.17) is 5.73 Å². The van der Waals surface area contributed by atoms with Crippen molar-refractivity contribution in [1.82, 2.24) is 0 Å². The molecule has 0 fully saturated rings. The van der Waals surface area contributed by atoms with E-state index in [2.05, 4.69) is 27.7 Å². The summed E-state index contributed by atoms with van der Waals surface area (Å²) in [6.07, 6.45) is 2.43. The van der Waals surface area contributed by atoms with Crippen molar-refractivity contribution in [2.75, 3.05) is 11.5 Å². The smallest absolute Gasteiger partial charge is 0.0132 e. The molecule has 2 N–H and O–H groups in total. The molecule has 0 amide bonds. The molecule has 0 radical (unpaired) electrons. The van der Waals surface area contributed by atoms with Gasteiger partial charge in [-0.1, -0.05) is 34.1 Å². The highest BCUT2D eigenvalue weighted by molar-refractivity contribution is 7.99. The molecule has 0 aromatic carbocycles. The summed E-state index contributed by atoms with van der Waals surface area (Å²) in [6.45, 7) is 9.03. The molecule has 0 saturated carbocycles. The lowest BCUT2D eigenvalue weighted by Crippen LogP contribution is -2.25. The average Bonchev–Trinajstić information content (AvgIpc) is 2.03. The average molecular weight is 203 g/mol. The minimum Gasteiger partial charge on any atom is -0.327 e. The Morgan fingerprint density at radius 1 is 1.15 bits per heavy atom.